The van der Waals surface area contributed by atoms with E-state index in [1.807, 2.05) is 7.05 Å². The fourth-order valence-electron chi connectivity index (χ4n) is 3.26. The number of hydrogen-bond donors (Lipinski definition) is 2. The zero-order chi connectivity index (χ0) is 16.5. The third-order valence-corrected chi connectivity index (χ3v) is 4.64. The van der Waals surface area contributed by atoms with Crippen LogP contribution in [0, 0.1) is 0 Å². The van der Waals surface area contributed by atoms with Crippen molar-refractivity contribution < 1.29 is 0 Å². The predicted molar refractivity (Wildman–Crippen MR) is 114 cm³/mol. The molecule has 2 N–H and O–H groups in total. The van der Waals surface area contributed by atoms with E-state index >= 15 is 0 Å². The fourth-order valence-corrected chi connectivity index (χ4v) is 3.26. The summed E-state index contributed by atoms with van der Waals surface area (Å²) in [5.74, 6) is 0.921. The summed E-state index contributed by atoms with van der Waals surface area (Å²) in [6, 6.07) is 9.16. The first-order chi connectivity index (χ1) is 11.3. The van der Waals surface area contributed by atoms with Crippen LogP contribution >= 0.6 is 24.0 Å². The SMILES string of the molecule is CCCN1CCC(NC(=NC)NCc2ccccc2CC)CC1.I. The highest BCUT2D eigenvalue weighted by atomic mass is 127. The number of nitrogens with one attached hydrogen (secondary N) is 2. The van der Waals surface area contributed by atoms with Gasteiger partial charge in [0.15, 0.2) is 5.96 Å². The van der Waals surface area contributed by atoms with Gasteiger partial charge in [-0.15, -0.1) is 24.0 Å². The highest BCUT2D eigenvalue weighted by molar-refractivity contribution is 14.0. The Bertz CT molecular complexity index is 496. The van der Waals surface area contributed by atoms with Crippen molar-refractivity contribution in [3.8, 4) is 0 Å². The van der Waals surface area contributed by atoms with E-state index in [0.29, 0.717) is 6.04 Å². The monoisotopic (exact) mass is 444 g/mol. The molecule has 0 saturated carbocycles. The van der Waals surface area contributed by atoms with Crippen molar-refractivity contribution in [2.45, 2.75) is 52.1 Å². The lowest BCUT2D eigenvalue weighted by molar-refractivity contribution is 0.206. The predicted octanol–water partition coefficient (Wildman–Crippen LogP) is 3.41. The lowest BCUT2D eigenvalue weighted by Crippen LogP contribution is -2.48. The Hall–Kier alpha value is -0.820. The van der Waals surface area contributed by atoms with Gasteiger partial charge in [0, 0.05) is 32.7 Å². The lowest BCUT2D eigenvalue weighted by atomic mass is 10.0. The van der Waals surface area contributed by atoms with Gasteiger partial charge < -0.3 is 15.5 Å². The maximum atomic E-state index is 4.39. The molecule has 4 nitrogen and oxygen atoms in total. The number of guanidine groups is 1. The van der Waals surface area contributed by atoms with E-state index in [1.165, 1.54) is 50.0 Å². The van der Waals surface area contributed by atoms with Crippen molar-refractivity contribution in [3.05, 3.63) is 35.4 Å². The van der Waals surface area contributed by atoms with Gasteiger partial charge >= 0.3 is 0 Å². The summed E-state index contributed by atoms with van der Waals surface area (Å²) >= 11 is 0. The number of rotatable bonds is 6. The number of likely N-dealkylation sites (tertiary alicyclic amines) is 1. The summed E-state index contributed by atoms with van der Waals surface area (Å²) < 4.78 is 0. The molecule has 0 bridgehead atoms. The van der Waals surface area contributed by atoms with Crippen molar-refractivity contribution in [2.24, 2.45) is 4.99 Å². The molecule has 1 aliphatic heterocycles. The third-order valence-electron chi connectivity index (χ3n) is 4.64. The van der Waals surface area contributed by atoms with E-state index < -0.39 is 0 Å². The Balaban J connectivity index is 0.00000288. The molecule has 2 rings (SSSR count). The Morgan fingerprint density at radius 2 is 1.83 bits per heavy atom. The zero-order valence-electron chi connectivity index (χ0n) is 15.3. The molecule has 0 aliphatic carbocycles. The molecule has 0 amide bonds. The first-order valence-electron chi connectivity index (χ1n) is 9.03. The Kier molecular flexibility index (Phi) is 10.3. The zero-order valence-corrected chi connectivity index (χ0v) is 17.7. The normalized spacial score (nSPS) is 16.5. The molecule has 1 heterocycles. The molecule has 1 fully saturated rings. The van der Waals surface area contributed by atoms with E-state index in [-0.39, 0.29) is 24.0 Å². The molecule has 1 aromatic rings. The average Bonchev–Trinajstić information content (AvgIpc) is 2.60. The van der Waals surface area contributed by atoms with E-state index in [1.54, 1.807) is 0 Å². The molecule has 0 spiro atoms. The van der Waals surface area contributed by atoms with Crippen LogP contribution in [0.2, 0.25) is 0 Å². The second-order valence-corrected chi connectivity index (χ2v) is 6.31. The summed E-state index contributed by atoms with van der Waals surface area (Å²) in [4.78, 5) is 6.95. The van der Waals surface area contributed by atoms with Gasteiger partial charge in [-0.25, -0.2) is 0 Å². The molecular formula is C19H33IN4. The Morgan fingerprint density at radius 1 is 1.17 bits per heavy atom. The number of hydrogen-bond acceptors (Lipinski definition) is 2. The highest BCUT2D eigenvalue weighted by Crippen LogP contribution is 2.11. The van der Waals surface area contributed by atoms with E-state index in [2.05, 4.69) is 58.6 Å². The molecule has 1 saturated heterocycles. The summed E-state index contributed by atoms with van der Waals surface area (Å²) in [6.07, 6.45) is 4.72. The van der Waals surface area contributed by atoms with Gasteiger partial charge in [-0.3, -0.25) is 4.99 Å². The Morgan fingerprint density at radius 3 is 2.42 bits per heavy atom. The largest absolute Gasteiger partial charge is 0.354 e. The van der Waals surface area contributed by atoms with E-state index in [0.717, 1.165) is 18.9 Å². The lowest BCUT2D eigenvalue weighted by Gasteiger charge is -2.32. The summed E-state index contributed by atoms with van der Waals surface area (Å²) in [5.41, 5.74) is 2.76. The van der Waals surface area contributed by atoms with Crippen molar-refractivity contribution in [1.29, 1.82) is 0 Å². The van der Waals surface area contributed by atoms with Crippen LogP contribution < -0.4 is 10.6 Å². The van der Waals surface area contributed by atoms with Gasteiger partial charge in [-0.2, -0.15) is 0 Å². The van der Waals surface area contributed by atoms with E-state index in [9.17, 15) is 0 Å². The van der Waals surface area contributed by atoms with Crippen molar-refractivity contribution in [2.75, 3.05) is 26.7 Å². The summed E-state index contributed by atoms with van der Waals surface area (Å²) in [5, 5.41) is 7.06. The summed E-state index contributed by atoms with van der Waals surface area (Å²) in [6.45, 7) is 8.91. The van der Waals surface area contributed by atoms with Gasteiger partial charge in [-0.05, 0) is 43.4 Å². The maximum Gasteiger partial charge on any atom is 0.191 e. The quantitative estimate of drug-likeness (QED) is 0.402. The minimum atomic E-state index is 0. The molecule has 0 atom stereocenters. The number of aliphatic imine (C=N–C) groups is 1. The maximum absolute atomic E-state index is 4.39. The van der Waals surface area contributed by atoms with Crippen LogP contribution in [0.5, 0.6) is 0 Å². The molecule has 5 heteroatoms. The highest BCUT2D eigenvalue weighted by Gasteiger charge is 2.19. The fraction of sp³-hybridized carbons (Fsp3) is 0.632. The minimum Gasteiger partial charge on any atom is -0.354 e. The topological polar surface area (TPSA) is 39.7 Å². The van der Waals surface area contributed by atoms with Crippen LogP contribution in [-0.4, -0.2) is 43.6 Å². The molecule has 0 unspecified atom stereocenters. The van der Waals surface area contributed by atoms with Crippen LogP contribution in [-0.2, 0) is 13.0 Å². The smallest absolute Gasteiger partial charge is 0.191 e. The van der Waals surface area contributed by atoms with Crippen LogP contribution in [0.1, 0.15) is 44.2 Å². The number of benzene rings is 1. The first-order valence-corrected chi connectivity index (χ1v) is 9.03. The molecular weight excluding hydrogens is 411 g/mol. The van der Waals surface area contributed by atoms with Crippen molar-refractivity contribution >= 4 is 29.9 Å². The third kappa shape index (κ3) is 6.59. The number of halogens is 1. The van der Waals surface area contributed by atoms with Gasteiger partial charge in [0.2, 0.25) is 0 Å². The second kappa shape index (κ2) is 11.7. The van der Waals surface area contributed by atoms with Gasteiger partial charge in [0.1, 0.15) is 0 Å². The van der Waals surface area contributed by atoms with Crippen LogP contribution in [0.3, 0.4) is 0 Å². The van der Waals surface area contributed by atoms with E-state index in [4.69, 9.17) is 0 Å². The number of piperidine rings is 1. The number of aryl methyl sites for hydroxylation is 1. The molecule has 1 aliphatic rings. The molecule has 0 aromatic heterocycles. The van der Waals surface area contributed by atoms with Crippen LogP contribution in [0.4, 0.5) is 0 Å². The molecule has 136 valence electrons. The Labute approximate surface area is 164 Å². The van der Waals surface area contributed by atoms with Crippen LogP contribution in [0.25, 0.3) is 0 Å². The van der Waals surface area contributed by atoms with Crippen molar-refractivity contribution in [1.82, 2.24) is 15.5 Å². The van der Waals surface area contributed by atoms with Gasteiger partial charge in [-0.1, -0.05) is 38.1 Å². The minimum absolute atomic E-state index is 0. The molecule has 24 heavy (non-hydrogen) atoms. The van der Waals surface area contributed by atoms with Crippen LogP contribution in [0.15, 0.2) is 29.3 Å². The second-order valence-electron chi connectivity index (χ2n) is 6.31. The molecule has 1 aromatic carbocycles. The summed E-state index contributed by atoms with van der Waals surface area (Å²) in [7, 11) is 1.85. The van der Waals surface area contributed by atoms with Crippen molar-refractivity contribution in [3.63, 3.8) is 0 Å². The number of nitrogens with zero attached hydrogens (tertiary/aromatic N) is 2. The first kappa shape index (κ1) is 21.2. The van der Waals surface area contributed by atoms with Gasteiger partial charge in [0.05, 0.1) is 0 Å². The molecule has 0 radical (unpaired) electrons. The average molecular weight is 444 g/mol. The standard InChI is InChI=1S/C19H32N4.HI/c1-4-12-23-13-10-18(11-14-23)22-19(20-3)21-15-17-9-7-6-8-16(17)5-2;/h6-9,18H,4-5,10-15H2,1-3H3,(H2,20,21,22);1H. The van der Waals surface area contributed by atoms with Gasteiger partial charge in [0.25, 0.3) is 0 Å².